The van der Waals surface area contributed by atoms with Gasteiger partial charge in [-0.25, -0.2) is 15.0 Å². The number of aliphatic imine (C=N–C) groups is 3. The molecule has 9 heteroatoms. The molecule has 0 spiro atoms. The van der Waals surface area contributed by atoms with Crippen LogP contribution in [0.3, 0.4) is 0 Å². The van der Waals surface area contributed by atoms with Crippen molar-refractivity contribution in [1.82, 2.24) is 5.32 Å². The van der Waals surface area contributed by atoms with E-state index in [1.165, 1.54) is 89.9 Å². The Bertz CT molecular complexity index is 2140. The van der Waals surface area contributed by atoms with E-state index in [0.29, 0.717) is 65.5 Å². The van der Waals surface area contributed by atoms with Gasteiger partial charge in [0.05, 0.1) is 53.2 Å². The van der Waals surface area contributed by atoms with Gasteiger partial charge in [0.15, 0.2) is 5.78 Å². The number of carbonyl (C=O) groups excluding carboxylic acids is 2. The van der Waals surface area contributed by atoms with Crippen LogP contribution in [0.4, 0.5) is 0 Å². The quantitative estimate of drug-likeness (QED) is 0.0502. The number of fused-ring (bicyclic) bond motifs is 5. The van der Waals surface area contributed by atoms with Crippen LogP contribution in [0.1, 0.15) is 190 Å². The second-order valence-corrected chi connectivity index (χ2v) is 19.5. The molecule has 8 bridgehead atoms. The lowest BCUT2D eigenvalue weighted by Gasteiger charge is -2.18. The number of unbranched alkanes of at least 4 members (excludes halogenated alkanes) is 15. The minimum absolute atomic E-state index is 0.0244. The van der Waals surface area contributed by atoms with Gasteiger partial charge in [0.2, 0.25) is 0 Å². The topological polar surface area (TPSA) is 133 Å². The summed E-state index contributed by atoms with van der Waals surface area (Å²) in [5.74, 6) is 0.0486. The normalized spacial score (nSPS) is 21.8. The van der Waals surface area contributed by atoms with Gasteiger partial charge in [-0.2, -0.15) is 0 Å². The number of allylic oxidation sites excluding steroid dienone is 11. The zero-order chi connectivity index (χ0) is 45.9. The van der Waals surface area contributed by atoms with Crippen molar-refractivity contribution in [3.63, 3.8) is 0 Å². The third kappa shape index (κ3) is 11.3. The van der Waals surface area contributed by atoms with Gasteiger partial charge in [0.1, 0.15) is 0 Å². The zero-order valence-electron chi connectivity index (χ0n) is 40.6. The van der Waals surface area contributed by atoms with Gasteiger partial charge in [0, 0.05) is 58.4 Å². The van der Waals surface area contributed by atoms with Gasteiger partial charge in [0.25, 0.3) is 0 Å². The smallest absolute Gasteiger partial charge is 0.305 e. The molecule has 1 aliphatic carbocycles. The third-order valence-electron chi connectivity index (χ3n) is 14.2. The fourth-order valence-corrected chi connectivity index (χ4v) is 10.7. The lowest BCUT2D eigenvalue weighted by atomic mass is 9.85. The molecule has 0 aromatic heterocycles. The van der Waals surface area contributed by atoms with E-state index in [1.807, 2.05) is 19.1 Å². The van der Waals surface area contributed by atoms with Crippen LogP contribution in [0, 0.1) is 17.8 Å². The number of rotatable bonds is 24. The van der Waals surface area contributed by atoms with Crippen LogP contribution in [0.2, 0.25) is 0 Å². The molecule has 5 heterocycles. The van der Waals surface area contributed by atoms with Gasteiger partial charge in [-0.05, 0) is 86.8 Å². The first-order valence-electron chi connectivity index (χ1n) is 25.2. The molecule has 0 aromatic rings. The van der Waals surface area contributed by atoms with Gasteiger partial charge >= 0.3 is 5.97 Å². The highest BCUT2D eigenvalue weighted by Crippen LogP contribution is 2.47. The zero-order valence-corrected chi connectivity index (χ0v) is 40.6. The molecule has 64 heavy (non-hydrogen) atoms. The SMILES string of the molecule is CCCCCCCCCCCCCCCCCCOC(=O)CC[C@@H]1C2=C3CC(=O)C4=C(CC)C(=CC5=C(CC(C)C)/C(=C\O)C(=N5)C=C5N=C(C(C)=C5C(C)O)C(C)=C(N2)[C@H]1C)N=C34. The average molecular weight is 875 g/mol. The molecule has 1 unspecified atom stereocenters. The largest absolute Gasteiger partial charge is 0.515 e. The van der Waals surface area contributed by atoms with Crippen LogP contribution in [0.15, 0.2) is 106 Å². The van der Waals surface area contributed by atoms with E-state index in [2.05, 4.69) is 46.9 Å². The Morgan fingerprint density at radius 1 is 0.812 bits per heavy atom. The van der Waals surface area contributed by atoms with Crippen LogP contribution < -0.4 is 5.32 Å². The fourth-order valence-electron chi connectivity index (χ4n) is 10.7. The van der Waals surface area contributed by atoms with Crippen molar-refractivity contribution in [2.24, 2.45) is 32.7 Å². The molecule has 9 nitrogen and oxygen atoms in total. The van der Waals surface area contributed by atoms with Crippen molar-refractivity contribution in [2.75, 3.05) is 6.61 Å². The lowest BCUT2D eigenvalue weighted by Crippen LogP contribution is -2.16. The second-order valence-electron chi connectivity index (χ2n) is 19.5. The Morgan fingerprint density at radius 2 is 1.42 bits per heavy atom. The fraction of sp³-hybridized carbons (Fsp3) is 0.618. The molecular weight excluding hydrogens is 797 g/mol. The molecule has 3 atom stereocenters. The summed E-state index contributed by atoms with van der Waals surface area (Å²) in [5, 5.41) is 25.6. The van der Waals surface area contributed by atoms with Gasteiger partial charge in [-0.3, -0.25) is 9.59 Å². The van der Waals surface area contributed by atoms with Crippen LogP contribution in [-0.4, -0.2) is 51.8 Å². The summed E-state index contributed by atoms with van der Waals surface area (Å²) < 4.78 is 5.81. The third-order valence-corrected chi connectivity index (χ3v) is 14.2. The van der Waals surface area contributed by atoms with E-state index in [0.717, 1.165) is 69.6 Å². The number of esters is 1. The average Bonchev–Trinajstić information content (AvgIpc) is 4.04. The van der Waals surface area contributed by atoms with Gasteiger partial charge in [-0.1, -0.05) is 131 Å². The minimum atomic E-state index is -0.795. The number of Topliss-reactive ketones (excluding diaryl/α,β-unsaturated/α-hetero) is 1. The van der Waals surface area contributed by atoms with E-state index in [-0.39, 0.29) is 42.3 Å². The molecule has 6 aliphatic rings. The predicted molar refractivity (Wildman–Crippen MR) is 262 cm³/mol. The molecule has 348 valence electrons. The van der Waals surface area contributed by atoms with Crippen molar-refractivity contribution in [2.45, 2.75) is 196 Å². The molecule has 3 N–H and O–H groups in total. The first-order valence-corrected chi connectivity index (χ1v) is 25.2. The number of carbonyl (C=O) groups is 2. The van der Waals surface area contributed by atoms with Crippen LogP contribution in [0.25, 0.3) is 0 Å². The van der Waals surface area contributed by atoms with E-state index in [4.69, 9.17) is 19.7 Å². The summed E-state index contributed by atoms with van der Waals surface area (Å²) >= 11 is 0. The summed E-state index contributed by atoms with van der Waals surface area (Å²) in [6.45, 7) is 17.1. The number of ether oxygens (including phenoxy) is 1. The van der Waals surface area contributed by atoms with Crippen molar-refractivity contribution in [1.29, 1.82) is 0 Å². The molecule has 0 radical (unpaired) electrons. The van der Waals surface area contributed by atoms with Crippen LogP contribution in [-0.2, 0) is 14.3 Å². The molecule has 2 fully saturated rings. The van der Waals surface area contributed by atoms with Crippen molar-refractivity contribution < 1.29 is 24.5 Å². The Morgan fingerprint density at radius 3 is 2.00 bits per heavy atom. The Hall–Kier alpha value is -4.37. The Kier molecular flexibility index (Phi) is 17.8. The molecule has 1 saturated heterocycles. The monoisotopic (exact) mass is 875 g/mol. The first-order chi connectivity index (χ1) is 30.9. The summed E-state index contributed by atoms with van der Waals surface area (Å²) in [4.78, 5) is 42.8. The number of nitrogens with zero attached hydrogens (tertiary/aromatic N) is 3. The minimum Gasteiger partial charge on any atom is -0.515 e. The predicted octanol–water partition coefficient (Wildman–Crippen LogP) is 13.2. The standard InChI is InChI=1S/C55H78N4O5/c1-9-11-12-13-14-15-16-17-18-19-20-21-22-23-24-25-28-64-49(63)27-26-40-35(5)52-37(7)53-36(6)50(38(8)61)47(58-53)32-46-43(33-60)41(29-34(3)4)45(56-46)31-44-39(10-2)51-48(62)30-42(54(40)59-52)55(51)57-44/h31-35,38,40,59-61H,9-30H2,1-8H3/b43-33+,44-31?,47-32?,52-37?,54-42?/t35-,38?,40-/m0/s1. The summed E-state index contributed by atoms with van der Waals surface area (Å²) in [6, 6.07) is 0. The van der Waals surface area contributed by atoms with E-state index < -0.39 is 6.10 Å². The van der Waals surface area contributed by atoms with E-state index >= 15 is 0 Å². The Labute approximate surface area is 384 Å². The molecule has 0 amide bonds. The Balaban J connectivity index is 1.16. The van der Waals surface area contributed by atoms with E-state index in [9.17, 15) is 19.8 Å². The van der Waals surface area contributed by atoms with E-state index in [1.54, 1.807) is 6.92 Å². The maximum Gasteiger partial charge on any atom is 0.305 e. The molecule has 5 aliphatic heterocycles. The van der Waals surface area contributed by atoms with Crippen LogP contribution in [0.5, 0.6) is 0 Å². The van der Waals surface area contributed by atoms with Crippen molar-refractivity contribution in [3.05, 3.63) is 91.5 Å². The maximum atomic E-state index is 14.0. The highest BCUT2D eigenvalue weighted by Gasteiger charge is 2.44. The second kappa shape index (κ2) is 23.2. The molecule has 0 aromatic carbocycles. The summed E-state index contributed by atoms with van der Waals surface area (Å²) in [5.41, 5.74) is 12.5. The molecule has 6 rings (SSSR count). The first kappa shape index (κ1) is 49.1. The maximum absolute atomic E-state index is 14.0. The summed E-state index contributed by atoms with van der Waals surface area (Å²) in [6.07, 6.45) is 27.4. The highest BCUT2D eigenvalue weighted by molar-refractivity contribution is 6.38. The number of hydrogen-bond donors (Lipinski definition) is 3. The number of aliphatic hydroxyl groups excluding tert-OH is 2. The van der Waals surface area contributed by atoms with Crippen LogP contribution >= 0.6 is 0 Å². The van der Waals surface area contributed by atoms with Gasteiger partial charge in [-0.15, -0.1) is 0 Å². The number of nitrogens with one attached hydrogen (secondary N) is 1. The van der Waals surface area contributed by atoms with Crippen molar-refractivity contribution in [3.8, 4) is 0 Å². The van der Waals surface area contributed by atoms with Crippen molar-refractivity contribution >= 4 is 28.9 Å². The molecular formula is C55H78N4O5. The number of ketones is 1. The highest BCUT2D eigenvalue weighted by atomic mass is 16.5. The lowest BCUT2D eigenvalue weighted by molar-refractivity contribution is -0.144. The molecule has 1 saturated carbocycles. The number of aliphatic hydroxyl groups is 2. The van der Waals surface area contributed by atoms with Gasteiger partial charge < -0.3 is 20.3 Å². The summed E-state index contributed by atoms with van der Waals surface area (Å²) in [7, 11) is 0. The number of hydrogen-bond acceptors (Lipinski definition) is 9.